The van der Waals surface area contributed by atoms with E-state index in [-0.39, 0.29) is 0 Å². The second-order valence-electron chi connectivity index (χ2n) is 13.0. The van der Waals surface area contributed by atoms with Gasteiger partial charge in [-0.15, -0.1) is 11.3 Å². The average molecular weight is 683 g/mol. The first-order valence-electron chi connectivity index (χ1n) is 17.2. The molecule has 0 N–H and O–H groups in total. The predicted molar refractivity (Wildman–Crippen MR) is 215 cm³/mol. The number of para-hydroxylation sites is 1. The number of aromatic nitrogens is 4. The molecule has 0 atom stereocenters. The summed E-state index contributed by atoms with van der Waals surface area (Å²) in [5.41, 5.74) is 6.38. The van der Waals surface area contributed by atoms with Gasteiger partial charge >= 0.3 is 0 Å². The summed E-state index contributed by atoms with van der Waals surface area (Å²) < 4.78 is 7.50. The van der Waals surface area contributed by atoms with Crippen LogP contribution in [0.3, 0.4) is 0 Å². The minimum Gasteiger partial charge on any atom is -0.456 e. The van der Waals surface area contributed by atoms with Gasteiger partial charge in [0.15, 0.2) is 17.5 Å². The van der Waals surface area contributed by atoms with Gasteiger partial charge < -0.3 is 4.42 Å². The summed E-state index contributed by atoms with van der Waals surface area (Å²) in [5, 5.41) is 9.05. The molecule has 0 bridgehead atoms. The van der Waals surface area contributed by atoms with Gasteiger partial charge in [-0.25, -0.2) is 19.9 Å². The maximum absolute atomic E-state index is 6.26. The Morgan fingerprint density at radius 1 is 0.385 bits per heavy atom. The van der Waals surface area contributed by atoms with Gasteiger partial charge in [-0.1, -0.05) is 140 Å². The molecule has 0 saturated heterocycles. The van der Waals surface area contributed by atoms with Gasteiger partial charge in [-0.3, -0.25) is 0 Å². The zero-order valence-electron chi connectivity index (χ0n) is 27.6. The largest absolute Gasteiger partial charge is 0.456 e. The molecule has 0 radical (unpaired) electrons. The molecule has 4 heterocycles. The number of hydrogen-bond donors (Lipinski definition) is 0. The first-order chi connectivity index (χ1) is 25.8. The standard InChI is InChI=1S/C46H26N4OS/c1-2-13-30-27(11-1)12-9-18-33(30)44-48-43(49-45(50-44)36-19-10-21-38-40(36)34-16-5-7-20-37(34)51-38)29-25-23-28(24-26-29)42-32-15-4-3-14-31(32)41-35-17-6-8-22-39(35)52-46(41)47-42/h1-26H. The summed E-state index contributed by atoms with van der Waals surface area (Å²) in [4.78, 5) is 21.8. The van der Waals surface area contributed by atoms with Gasteiger partial charge in [-0.05, 0) is 34.4 Å². The van der Waals surface area contributed by atoms with E-state index in [2.05, 4.69) is 127 Å². The summed E-state index contributed by atoms with van der Waals surface area (Å²) in [6.07, 6.45) is 0. The van der Waals surface area contributed by atoms with Crippen molar-refractivity contribution in [3.8, 4) is 45.4 Å². The third-order valence-corrected chi connectivity index (χ3v) is 11.0. The maximum Gasteiger partial charge on any atom is 0.164 e. The van der Waals surface area contributed by atoms with Crippen molar-refractivity contribution in [1.29, 1.82) is 0 Å². The van der Waals surface area contributed by atoms with Crippen LogP contribution in [-0.2, 0) is 0 Å². The van der Waals surface area contributed by atoms with E-state index >= 15 is 0 Å². The van der Waals surface area contributed by atoms with E-state index < -0.39 is 0 Å². The smallest absolute Gasteiger partial charge is 0.164 e. The fourth-order valence-electron chi connectivity index (χ4n) is 7.57. The Kier molecular flexibility index (Phi) is 6.35. The lowest BCUT2D eigenvalue weighted by molar-refractivity contribution is 0.669. The highest BCUT2D eigenvalue weighted by Crippen LogP contribution is 2.41. The van der Waals surface area contributed by atoms with Crippen molar-refractivity contribution in [1.82, 2.24) is 19.9 Å². The zero-order chi connectivity index (χ0) is 34.2. The molecule has 0 aliphatic heterocycles. The number of rotatable bonds is 4. The molecule has 0 fully saturated rings. The lowest BCUT2D eigenvalue weighted by Crippen LogP contribution is -2.01. The van der Waals surface area contributed by atoms with Gasteiger partial charge in [-0.2, -0.15) is 0 Å². The summed E-state index contributed by atoms with van der Waals surface area (Å²) >= 11 is 1.74. The van der Waals surface area contributed by atoms with Gasteiger partial charge in [0.2, 0.25) is 0 Å². The van der Waals surface area contributed by atoms with Crippen molar-refractivity contribution in [3.05, 3.63) is 158 Å². The van der Waals surface area contributed by atoms with Crippen molar-refractivity contribution in [2.75, 3.05) is 0 Å². The average Bonchev–Trinajstić information content (AvgIpc) is 3.79. The highest BCUT2D eigenvalue weighted by Gasteiger charge is 2.19. The second-order valence-corrected chi connectivity index (χ2v) is 14.0. The number of pyridine rings is 1. The molecule has 242 valence electrons. The number of nitrogens with zero attached hydrogens (tertiary/aromatic N) is 4. The number of fused-ring (bicyclic) bond motifs is 9. The van der Waals surface area contributed by atoms with Crippen molar-refractivity contribution in [2.24, 2.45) is 0 Å². The molecule has 52 heavy (non-hydrogen) atoms. The Balaban J connectivity index is 1.11. The highest BCUT2D eigenvalue weighted by molar-refractivity contribution is 7.25. The summed E-state index contributed by atoms with van der Waals surface area (Å²) in [7, 11) is 0. The van der Waals surface area contributed by atoms with Crippen molar-refractivity contribution in [2.45, 2.75) is 0 Å². The Labute approximate surface area is 301 Å². The predicted octanol–water partition coefficient (Wildman–Crippen LogP) is 12.5. The quantitative estimate of drug-likeness (QED) is 0.185. The summed E-state index contributed by atoms with van der Waals surface area (Å²) in [5.74, 6) is 1.81. The van der Waals surface area contributed by atoms with Crippen molar-refractivity contribution < 1.29 is 4.42 Å². The first kappa shape index (κ1) is 29.0. The van der Waals surface area contributed by atoms with Gasteiger partial charge in [0.25, 0.3) is 0 Å². The van der Waals surface area contributed by atoms with Crippen LogP contribution in [0.2, 0.25) is 0 Å². The maximum atomic E-state index is 6.26. The van der Waals surface area contributed by atoms with Crippen LogP contribution in [0.15, 0.2) is 162 Å². The molecule has 0 unspecified atom stereocenters. The number of benzene rings is 7. The Bertz CT molecular complexity index is 3190. The third-order valence-electron chi connectivity index (χ3n) is 9.97. The topological polar surface area (TPSA) is 64.7 Å². The van der Waals surface area contributed by atoms with E-state index in [1.807, 2.05) is 30.3 Å². The van der Waals surface area contributed by atoms with Crippen LogP contribution >= 0.6 is 11.3 Å². The number of thiophene rings is 1. The Morgan fingerprint density at radius 3 is 1.85 bits per heavy atom. The van der Waals surface area contributed by atoms with Gasteiger partial charge in [0.05, 0.1) is 5.69 Å². The van der Waals surface area contributed by atoms with E-state index in [4.69, 9.17) is 24.4 Å². The molecule has 0 aliphatic carbocycles. The molecule has 6 heteroatoms. The number of furan rings is 1. The molecule has 11 aromatic rings. The molecule has 11 rings (SSSR count). The lowest BCUT2D eigenvalue weighted by atomic mass is 9.99. The van der Waals surface area contributed by atoms with E-state index in [0.717, 1.165) is 70.9 Å². The SMILES string of the molecule is c1ccc2c(-c3nc(-c4ccc(-c5nc6sc7ccccc7c6c6ccccc56)cc4)nc(-c4cccc5oc6ccccc6c45)n3)cccc2c1. The van der Waals surface area contributed by atoms with Gasteiger partial charge in [0, 0.05) is 53.9 Å². The third kappa shape index (κ3) is 4.48. The molecule has 0 aliphatic rings. The van der Waals surface area contributed by atoms with Crippen LogP contribution in [0.1, 0.15) is 0 Å². The van der Waals surface area contributed by atoms with Crippen LogP contribution in [0.4, 0.5) is 0 Å². The fraction of sp³-hybridized carbons (Fsp3) is 0. The van der Waals surface area contributed by atoms with E-state index in [1.165, 1.54) is 20.9 Å². The monoisotopic (exact) mass is 682 g/mol. The van der Waals surface area contributed by atoms with Crippen LogP contribution < -0.4 is 0 Å². The molecule has 5 nitrogen and oxygen atoms in total. The first-order valence-corrected chi connectivity index (χ1v) is 18.0. The van der Waals surface area contributed by atoms with Crippen LogP contribution in [-0.4, -0.2) is 19.9 Å². The molecule has 0 saturated carbocycles. The molecule has 0 spiro atoms. The Hall–Kier alpha value is -6.76. The van der Waals surface area contributed by atoms with Gasteiger partial charge in [0.1, 0.15) is 16.0 Å². The molecule has 0 amide bonds. The molecule has 4 aromatic heterocycles. The van der Waals surface area contributed by atoms with Crippen LogP contribution in [0.25, 0.3) is 109 Å². The van der Waals surface area contributed by atoms with Crippen LogP contribution in [0.5, 0.6) is 0 Å². The summed E-state index contributed by atoms with van der Waals surface area (Å²) in [6, 6.07) is 54.4. The minimum atomic E-state index is 0.594. The van der Waals surface area contributed by atoms with E-state index in [1.54, 1.807) is 11.3 Å². The normalized spacial score (nSPS) is 11.8. The Morgan fingerprint density at radius 2 is 0.981 bits per heavy atom. The molecular formula is C46H26N4OS. The second kappa shape index (κ2) is 11.4. The van der Waals surface area contributed by atoms with Crippen LogP contribution in [0, 0.1) is 0 Å². The molecular weight excluding hydrogens is 657 g/mol. The summed E-state index contributed by atoms with van der Waals surface area (Å²) in [6.45, 7) is 0. The lowest BCUT2D eigenvalue weighted by Gasteiger charge is -2.12. The zero-order valence-corrected chi connectivity index (χ0v) is 28.4. The van der Waals surface area contributed by atoms with E-state index in [9.17, 15) is 0 Å². The number of hydrogen-bond acceptors (Lipinski definition) is 6. The van der Waals surface area contributed by atoms with E-state index in [0.29, 0.717) is 17.5 Å². The van der Waals surface area contributed by atoms with Crippen molar-refractivity contribution in [3.63, 3.8) is 0 Å². The molecule has 7 aromatic carbocycles. The fourth-order valence-corrected chi connectivity index (χ4v) is 8.66. The minimum absolute atomic E-state index is 0.594. The van der Waals surface area contributed by atoms with Crippen molar-refractivity contribution >= 4 is 75.1 Å². The highest BCUT2D eigenvalue weighted by atomic mass is 32.1.